The molecule has 0 aliphatic carbocycles. The predicted molar refractivity (Wildman–Crippen MR) is 51.3 cm³/mol. The molecule has 12 heavy (non-hydrogen) atoms. The molecular weight excluding hydrogens is 146 g/mol. The van der Waals surface area contributed by atoms with Crippen molar-refractivity contribution in [3.8, 4) is 0 Å². The third-order valence-electron chi connectivity index (χ3n) is 2.59. The van der Waals surface area contributed by atoms with Gasteiger partial charge in [0.05, 0.1) is 0 Å². The fourth-order valence-electron chi connectivity index (χ4n) is 1.89. The van der Waals surface area contributed by atoms with Gasteiger partial charge in [-0.05, 0) is 38.0 Å². The van der Waals surface area contributed by atoms with E-state index in [0.717, 1.165) is 0 Å². The number of benzene rings is 1. The molecule has 0 saturated carbocycles. The summed E-state index contributed by atoms with van der Waals surface area (Å²) in [6.45, 7) is 3.51. The number of nitrogens with zero attached hydrogens (tertiary/aromatic N) is 1. The Hall–Kier alpha value is -0.980. The quantitative estimate of drug-likeness (QED) is 0.610. The topological polar surface area (TPSA) is 3.24 Å². The zero-order chi connectivity index (χ0) is 8.39. The van der Waals surface area contributed by atoms with Gasteiger partial charge >= 0.3 is 0 Å². The Morgan fingerprint density at radius 3 is 2.75 bits per heavy atom. The fourth-order valence-corrected chi connectivity index (χ4v) is 1.89. The summed E-state index contributed by atoms with van der Waals surface area (Å²) < 4.78 is 0. The van der Waals surface area contributed by atoms with Crippen LogP contribution in [0, 0.1) is 6.07 Å². The Morgan fingerprint density at radius 1 is 1.42 bits per heavy atom. The van der Waals surface area contributed by atoms with Gasteiger partial charge < -0.3 is 4.90 Å². The molecule has 0 spiro atoms. The summed E-state index contributed by atoms with van der Waals surface area (Å²) >= 11 is 0. The molecule has 0 bridgehead atoms. The van der Waals surface area contributed by atoms with Crippen LogP contribution in [0.2, 0.25) is 0 Å². The van der Waals surface area contributed by atoms with Crippen molar-refractivity contribution in [3.63, 3.8) is 0 Å². The first-order valence-electron chi connectivity index (χ1n) is 4.60. The Balaban J connectivity index is 2.19. The molecule has 1 heterocycles. The molecule has 1 nitrogen and oxygen atoms in total. The normalized spacial score (nSPS) is 23.1. The molecule has 1 fully saturated rings. The highest BCUT2D eigenvalue weighted by atomic mass is 15.2. The molecule has 1 atom stereocenters. The molecular formula is C11H14N. The van der Waals surface area contributed by atoms with Crippen LogP contribution in [0.15, 0.2) is 24.3 Å². The van der Waals surface area contributed by atoms with Gasteiger partial charge in [-0.15, -0.1) is 0 Å². The summed E-state index contributed by atoms with van der Waals surface area (Å²) in [5, 5.41) is 0. The third kappa shape index (κ3) is 1.31. The lowest BCUT2D eigenvalue weighted by Gasteiger charge is -2.23. The third-order valence-corrected chi connectivity index (χ3v) is 2.59. The lowest BCUT2D eigenvalue weighted by atomic mass is 10.2. The molecule has 2 rings (SSSR count). The Kier molecular flexibility index (Phi) is 2.03. The molecule has 1 aliphatic heterocycles. The maximum absolute atomic E-state index is 3.04. The van der Waals surface area contributed by atoms with E-state index in [0.29, 0.717) is 6.04 Å². The number of anilines is 1. The van der Waals surface area contributed by atoms with Gasteiger partial charge in [-0.1, -0.05) is 12.1 Å². The van der Waals surface area contributed by atoms with E-state index in [1.807, 2.05) is 12.1 Å². The SMILES string of the molecule is CC1CCCN1c1cc[c]cc1. The largest absolute Gasteiger partial charge is 0.369 e. The van der Waals surface area contributed by atoms with Crippen molar-refractivity contribution in [3.05, 3.63) is 30.3 Å². The van der Waals surface area contributed by atoms with Crippen LogP contribution in [0.5, 0.6) is 0 Å². The van der Waals surface area contributed by atoms with E-state index in [1.165, 1.54) is 25.1 Å². The maximum Gasteiger partial charge on any atom is 0.0369 e. The summed E-state index contributed by atoms with van der Waals surface area (Å²) in [4.78, 5) is 2.47. The second kappa shape index (κ2) is 3.18. The van der Waals surface area contributed by atoms with E-state index >= 15 is 0 Å². The number of hydrogen-bond donors (Lipinski definition) is 0. The second-order valence-corrected chi connectivity index (χ2v) is 3.44. The fraction of sp³-hybridized carbons (Fsp3) is 0.455. The first kappa shape index (κ1) is 7.66. The van der Waals surface area contributed by atoms with Crippen LogP contribution in [0.1, 0.15) is 19.8 Å². The van der Waals surface area contributed by atoms with Crippen LogP contribution < -0.4 is 4.90 Å². The molecule has 1 radical (unpaired) electrons. The van der Waals surface area contributed by atoms with Gasteiger partial charge in [-0.2, -0.15) is 0 Å². The van der Waals surface area contributed by atoms with Crippen LogP contribution >= 0.6 is 0 Å². The Labute approximate surface area is 74.0 Å². The van der Waals surface area contributed by atoms with Gasteiger partial charge in [0.2, 0.25) is 0 Å². The monoisotopic (exact) mass is 160 g/mol. The molecule has 63 valence electrons. The van der Waals surface area contributed by atoms with Gasteiger partial charge in [0, 0.05) is 18.3 Å². The highest BCUT2D eigenvalue weighted by molar-refractivity contribution is 5.47. The zero-order valence-electron chi connectivity index (χ0n) is 7.46. The highest BCUT2D eigenvalue weighted by Gasteiger charge is 2.19. The van der Waals surface area contributed by atoms with E-state index < -0.39 is 0 Å². The molecule has 1 aliphatic rings. The first-order chi connectivity index (χ1) is 5.88. The van der Waals surface area contributed by atoms with Gasteiger partial charge in [0.15, 0.2) is 0 Å². The molecule has 0 aromatic heterocycles. The molecule has 0 N–H and O–H groups in total. The predicted octanol–water partition coefficient (Wildman–Crippen LogP) is 2.48. The summed E-state index contributed by atoms with van der Waals surface area (Å²) in [7, 11) is 0. The maximum atomic E-state index is 3.04. The van der Waals surface area contributed by atoms with Crippen LogP contribution in [0.4, 0.5) is 5.69 Å². The Morgan fingerprint density at radius 2 is 2.17 bits per heavy atom. The summed E-state index contributed by atoms with van der Waals surface area (Å²) in [6.07, 6.45) is 2.67. The lowest BCUT2D eigenvalue weighted by Crippen LogP contribution is -2.25. The van der Waals surface area contributed by atoms with Gasteiger partial charge in [0.1, 0.15) is 0 Å². The van der Waals surface area contributed by atoms with Crippen molar-refractivity contribution in [1.29, 1.82) is 0 Å². The minimum absolute atomic E-state index is 0.715. The van der Waals surface area contributed by atoms with Gasteiger partial charge in [0.25, 0.3) is 0 Å². The van der Waals surface area contributed by atoms with E-state index in [9.17, 15) is 0 Å². The van der Waals surface area contributed by atoms with Crippen molar-refractivity contribution in [2.45, 2.75) is 25.8 Å². The molecule has 1 unspecified atom stereocenters. The summed E-state index contributed by atoms with van der Waals surface area (Å²) in [5.41, 5.74) is 1.35. The molecule has 1 saturated heterocycles. The minimum atomic E-state index is 0.715. The van der Waals surface area contributed by atoms with Crippen molar-refractivity contribution in [1.82, 2.24) is 0 Å². The molecule has 1 heteroatoms. The smallest absolute Gasteiger partial charge is 0.0369 e. The Bertz CT molecular complexity index is 242. The van der Waals surface area contributed by atoms with Crippen LogP contribution in [0.3, 0.4) is 0 Å². The van der Waals surface area contributed by atoms with Crippen LogP contribution in [0.25, 0.3) is 0 Å². The van der Waals surface area contributed by atoms with Crippen molar-refractivity contribution in [2.24, 2.45) is 0 Å². The van der Waals surface area contributed by atoms with Crippen molar-refractivity contribution in [2.75, 3.05) is 11.4 Å². The average molecular weight is 160 g/mol. The van der Waals surface area contributed by atoms with Crippen LogP contribution in [-0.4, -0.2) is 12.6 Å². The van der Waals surface area contributed by atoms with E-state index in [1.54, 1.807) is 0 Å². The van der Waals surface area contributed by atoms with E-state index in [4.69, 9.17) is 0 Å². The average Bonchev–Trinajstić information content (AvgIpc) is 2.53. The summed E-state index contributed by atoms with van der Waals surface area (Å²) in [6, 6.07) is 12.0. The second-order valence-electron chi connectivity index (χ2n) is 3.44. The van der Waals surface area contributed by atoms with Crippen molar-refractivity contribution < 1.29 is 0 Å². The number of hydrogen-bond acceptors (Lipinski definition) is 1. The molecule has 1 aromatic rings. The van der Waals surface area contributed by atoms with Crippen molar-refractivity contribution >= 4 is 5.69 Å². The zero-order valence-corrected chi connectivity index (χ0v) is 7.46. The standard InChI is InChI=1S/C11H14N/c1-10-6-5-9-12(10)11-7-3-2-4-8-11/h3-4,7-8,10H,5-6,9H2,1H3. The highest BCUT2D eigenvalue weighted by Crippen LogP contribution is 2.24. The van der Waals surface area contributed by atoms with E-state index in [2.05, 4.69) is 30.0 Å². The minimum Gasteiger partial charge on any atom is -0.369 e. The molecule has 0 amide bonds. The first-order valence-corrected chi connectivity index (χ1v) is 4.60. The van der Waals surface area contributed by atoms with Gasteiger partial charge in [-0.25, -0.2) is 0 Å². The lowest BCUT2D eigenvalue weighted by molar-refractivity contribution is 0.735. The summed E-state index contributed by atoms with van der Waals surface area (Å²) in [5.74, 6) is 0. The number of rotatable bonds is 1. The van der Waals surface area contributed by atoms with Gasteiger partial charge in [-0.3, -0.25) is 0 Å². The molecule has 1 aromatic carbocycles. The van der Waals surface area contributed by atoms with Crippen LogP contribution in [-0.2, 0) is 0 Å². The van der Waals surface area contributed by atoms with E-state index in [-0.39, 0.29) is 0 Å².